The van der Waals surface area contributed by atoms with Crippen LogP contribution in [0.3, 0.4) is 0 Å². The van der Waals surface area contributed by atoms with Crippen LogP contribution in [0.15, 0.2) is 95.8 Å². The number of ether oxygens (including phenoxy) is 10. The van der Waals surface area contributed by atoms with E-state index < -0.39 is 11.6 Å². The summed E-state index contributed by atoms with van der Waals surface area (Å²) < 4.78 is 61.2. The molecule has 4 heterocycles. The molecule has 1 fully saturated rings. The normalized spacial score (nSPS) is 18.7. The summed E-state index contributed by atoms with van der Waals surface area (Å²) in [6, 6.07) is 24.2. The third kappa shape index (κ3) is 16.0. The number of allylic oxidation sites excluding steroid dienone is 2. The van der Waals surface area contributed by atoms with E-state index >= 15 is 0 Å². The maximum absolute atomic E-state index is 11.8. The molecule has 4 aliphatic rings. The zero-order valence-corrected chi connectivity index (χ0v) is 42.7. The number of hydrogen-bond donors (Lipinski definition) is 0. The number of aryl methyl sites for hydroxylation is 2. The molecule has 7 rings (SSSR count). The maximum Gasteiger partial charge on any atom is 0.330 e. The van der Waals surface area contributed by atoms with E-state index in [0.29, 0.717) is 136 Å². The third-order valence-corrected chi connectivity index (χ3v) is 12.4. The maximum atomic E-state index is 11.8. The summed E-state index contributed by atoms with van der Waals surface area (Å²) in [7, 11) is 1.62. The molecule has 4 aliphatic heterocycles. The Kier molecular flexibility index (Phi) is 21.9. The first-order valence-corrected chi connectivity index (χ1v) is 24.8. The fourth-order valence-electron chi connectivity index (χ4n) is 8.57. The number of esters is 1. The van der Waals surface area contributed by atoms with Crippen molar-refractivity contribution in [1.82, 2.24) is 0 Å². The molecule has 1 unspecified atom stereocenters. The van der Waals surface area contributed by atoms with E-state index in [4.69, 9.17) is 47.4 Å². The van der Waals surface area contributed by atoms with Crippen molar-refractivity contribution in [2.45, 2.75) is 39.2 Å². The Hall–Kier alpha value is -7.04. The highest BCUT2D eigenvalue weighted by Gasteiger charge is 2.42. The van der Waals surface area contributed by atoms with Gasteiger partial charge in [-0.05, 0) is 86.7 Å². The molecule has 388 valence electrons. The lowest BCUT2D eigenvalue weighted by atomic mass is 9.88. The van der Waals surface area contributed by atoms with E-state index in [1.807, 2.05) is 50.3 Å². The fraction of sp³-hybridized carbons (Fsp3) is 0.464. The van der Waals surface area contributed by atoms with E-state index in [2.05, 4.69) is 63.7 Å². The number of anilines is 3. The van der Waals surface area contributed by atoms with Gasteiger partial charge in [-0.3, -0.25) is 0 Å². The number of fused-ring (bicyclic) bond motifs is 20. The minimum absolute atomic E-state index is 0.0693. The molecule has 0 aliphatic carbocycles. The summed E-state index contributed by atoms with van der Waals surface area (Å²) in [5.74, 6) is 1.40. The van der Waals surface area contributed by atoms with Gasteiger partial charge in [0.15, 0.2) is 11.3 Å². The quantitative estimate of drug-likeness (QED) is 0.0572. The zero-order valence-electron chi connectivity index (χ0n) is 42.7. The van der Waals surface area contributed by atoms with Gasteiger partial charge in [-0.1, -0.05) is 36.9 Å². The largest absolute Gasteiger partial charge is 0.490 e. The lowest BCUT2D eigenvalue weighted by Gasteiger charge is -2.30. The standard InChI is InChI=1S/C56H68N6O11/c1-6-54(63)72-23-7-16-56(4)47(46(41-59)55(73-56)45(39-57)40-58)12-10-44-11-15-50(53(38-44)71-35-30-64-5)62-21-28-69-51-36-42(2)8-13-48(51)60-17-24-65-31-33-67-26-19-61(20-27-68-34-32-66-25-18-60)49-14-9-43(3)37-52(49)70-29-22-62/h6,8-15,36-38H,1,7,16-35H2,2-5H3/b12-10+. The van der Waals surface area contributed by atoms with Gasteiger partial charge in [0, 0.05) is 44.9 Å². The van der Waals surface area contributed by atoms with Crippen molar-refractivity contribution < 1.29 is 52.2 Å². The van der Waals surface area contributed by atoms with Crippen LogP contribution in [0.5, 0.6) is 17.2 Å². The number of methoxy groups -OCH3 is 1. The molecule has 1 atom stereocenters. The Morgan fingerprint density at radius 1 is 0.685 bits per heavy atom. The highest BCUT2D eigenvalue weighted by Crippen LogP contribution is 2.44. The van der Waals surface area contributed by atoms with Gasteiger partial charge in [0.2, 0.25) is 0 Å². The minimum Gasteiger partial charge on any atom is -0.490 e. The zero-order chi connectivity index (χ0) is 51.8. The summed E-state index contributed by atoms with van der Waals surface area (Å²) in [4.78, 5) is 18.4. The summed E-state index contributed by atoms with van der Waals surface area (Å²) in [5.41, 5.74) is 4.58. The molecule has 1 saturated heterocycles. The average Bonchev–Trinajstić information content (AvgIpc) is 3.67. The summed E-state index contributed by atoms with van der Waals surface area (Å²) in [5, 5.41) is 30.0. The van der Waals surface area contributed by atoms with Crippen molar-refractivity contribution in [1.29, 1.82) is 15.8 Å². The second kappa shape index (κ2) is 28.9. The highest BCUT2D eigenvalue weighted by molar-refractivity contribution is 5.81. The van der Waals surface area contributed by atoms with Crippen LogP contribution in [0.1, 0.15) is 36.5 Å². The summed E-state index contributed by atoms with van der Waals surface area (Å²) in [6.45, 7) is 17.8. The van der Waals surface area contributed by atoms with Gasteiger partial charge in [0.25, 0.3) is 0 Å². The molecule has 0 spiro atoms. The Bertz CT molecular complexity index is 2440. The molecule has 3 aromatic rings. The Labute approximate surface area is 429 Å². The van der Waals surface area contributed by atoms with E-state index in [0.717, 1.165) is 51.3 Å². The van der Waals surface area contributed by atoms with Gasteiger partial charge in [0.05, 0.1) is 96.2 Å². The molecule has 0 aromatic heterocycles. The number of carbonyl (C=O) groups excluding carboxylic acids is 1. The van der Waals surface area contributed by atoms with Crippen LogP contribution in [0, 0.1) is 47.8 Å². The van der Waals surface area contributed by atoms with Crippen molar-refractivity contribution in [3.8, 4) is 35.5 Å². The topological polar surface area (TPSA) is 190 Å². The van der Waals surface area contributed by atoms with Gasteiger partial charge in [-0.15, -0.1) is 0 Å². The van der Waals surface area contributed by atoms with Gasteiger partial charge in [-0.25, -0.2) is 4.79 Å². The number of benzene rings is 3. The number of carbonyl (C=O) groups is 1. The second-order valence-electron chi connectivity index (χ2n) is 17.6. The van der Waals surface area contributed by atoms with Crippen molar-refractivity contribution in [3.63, 3.8) is 0 Å². The van der Waals surface area contributed by atoms with Crippen LogP contribution in [0.25, 0.3) is 6.08 Å². The first-order chi connectivity index (χ1) is 35.6. The van der Waals surface area contributed by atoms with Crippen LogP contribution in [0.2, 0.25) is 0 Å². The van der Waals surface area contributed by atoms with E-state index in [9.17, 15) is 20.6 Å². The minimum atomic E-state index is -1.14. The van der Waals surface area contributed by atoms with Crippen molar-refractivity contribution >= 4 is 29.1 Å². The van der Waals surface area contributed by atoms with Gasteiger partial charge in [-0.2, -0.15) is 15.8 Å². The van der Waals surface area contributed by atoms with Crippen molar-refractivity contribution in [2.75, 3.05) is 147 Å². The monoisotopic (exact) mass is 1000 g/mol. The molecule has 0 saturated carbocycles. The molecule has 3 aromatic carbocycles. The predicted octanol–water partition coefficient (Wildman–Crippen LogP) is 7.43. The Morgan fingerprint density at radius 2 is 1.21 bits per heavy atom. The van der Waals surface area contributed by atoms with E-state index in [1.54, 1.807) is 20.1 Å². The molecule has 17 nitrogen and oxygen atoms in total. The highest BCUT2D eigenvalue weighted by atomic mass is 16.5. The van der Waals surface area contributed by atoms with Crippen LogP contribution in [-0.2, 0) is 38.0 Å². The Balaban J connectivity index is 1.38. The summed E-state index contributed by atoms with van der Waals surface area (Å²) in [6.07, 6.45) is 5.35. The van der Waals surface area contributed by atoms with Gasteiger partial charge < -0.3 is 62.1 Å². The fourth-order valence-corrected chi connectivity index (χ4v) is 8.57. The third-order valence-electron chi connectivity index (χ3n) is 12.4. The molecule has 0 N–H and O–H groups in total. The molecule has 2 bridgehead atoms. The van der Waals surface area contributed by atoms with Crippen molar-refractivity contribution in [2.24, 2.45) is 0 Å². The number of nitriles is 3. The first kappa shape index (κ1) is 55.3. The number of rotatable bonds is 12. The van der Waals surface area contributed by atoms with Gasteiger partial charge in [0.1, 0.15) is 66.5 Å². The SMILES string of the molecule is C=CC(=O)OCCCC1(C)OC(=C(C#N)C#N)C(C#N)=C1/C=C/c1ccc(N2CCOc3cc(C)ccc3N3CCOCCOCCN(CCOCCOCC3)c3ccc(C)cc3OCC2)c(OCCOC)c1. The smallest absolute Gasteiger partial charge is 0.330 e. The van der Waals surface area contributed by atoms with Gasteiger partial charge >= 0.3 is 5.97 Å². The number of hydrogen-bond acceptors (Lipinski definition) is 17. The molecule has 73 heavy (non-hydrogen) atoms. The molecule has 0 radical (unpaired) electrons. The van der Waals surface area contributed by atoms with Crippen molar-refractivity contribution in [3.05, 3.63) is 112 Å². The molecular formula is C56H68N6O11. The van der Waals surface area contributed by atoms with Crippen LogP contribution in [0.4, 0.5) is 17.1 Å². The van der Waals surface area contributed by atoms with Crippen LogP contribution in [-0.4, -0.2) is 144 Å². The molecule has 17 heteroatoms. The lowest BCUT2D eigenvalue weighted by Crippen LogP contribution is -2.34. The number of nitrogens with zero attached hydrogens (tertiary/aromatic N) is 6. The van der Waals surface area contributed by atoms with E-state index in [-0.39, 0.29) is 30.1 Å². The average molecular weight is 1000 g/mol. The van der Waals surface area contributed by atoms with E-state index in [1.165, 1.54) is 0 Å². The van der Waals surface area contributed by atoms with Crippen LogP contribution >= 0.6 is 0 Å². The predicted molar refractivity (Wildman–Crippen MR) is 277 cm³/mol. The van der Waals surface area contributed by atoms with Crippen LogP contribution < -0.4 is 28.9 Å². The molecular weight excluding hydrogens is 933 g/mol. The second-order valence-corrected chi connectivity index (χ2v) is 17.6. The lowest BCUT2D eigenvalue weighted by molar-refractivity contribution is -0.138. The Morgan fingerprint density at radius 3 is 1.71 bits per heavy atom. The molecule has 0 amide bonds. The summed E-state index contributed by atoms with van der Waals surface area (Å²) >= 11 is 0. The first-order valence-electron chi connectivity index (χ1n) is 24.8.